The van der Waals surface area contributed by atoms with Gasteiger partial charge in [0.05, 0.1) is 11.6 Å². The van der Waals surface area contributed by atoms with Crippen LogP contribution in [0.1, 0.15) is 0 Å². The van der Waals surface area contributed by atoms with Crippen LogP contribution < -0.4 is 15.0 Å². The summed E-state index contributed by atoms with van der Waals surface area (Å²) in [5.74, 6) is 0.740. The molecule has 0 aromatic heterocycles. The second-order valence-electron chi connectivity index (χ2n) is 5.59. The molecule has 0 aliphatic carbocycles. The van der Waals surface area contributed by atoms with Crippen molar-refractivity contribution in [2.24, 2.45) is 0 Å². The minimum absolute atomic E-state index is 0.0696. The average molecular weight is 390 g/mol. The van der Waals surface area contributed by atoms with Crippen molar-refractivity contribution in [1.29, 1.82) is 0 Å². The van der Waals surface area contributed by atoms with E-state index in [1.54, 1.807) is 7.11 Å². The van der Waals surface area contributed by atoms with Gasteiger partial charge in [0, 0.05) is 37.6 Å². The van der Waals surface area contributed by atoms with E-state index < -0.39 is 0 Å². The molecule has 0 radical (unpaired) electrons. The number of piperazine rings is 1. The Hall–Kier alpha value is -2.21. The van der Waals surface area contributed by atoms with Gasteiger partial charge in [-0.15, -0.1) is 0 Å². The molecule has 0 saturated carbocycles. The highest BCUT2D eigenvalue weighted by molar-refractivity contribution is 9.10. The molecule has 24 heavy (non-hydrogen) atoms. The molecule has 1 N–H and O–H groups in total. The smallest absolute Gasteiger partial charge is 0.321 e. The number of ether oxygens (including phenoxy) is 1. The first-order valence-corrected chi connectivity index (χ1v) is 8.66. The fourth-order valence-corrected chi connectivity index (χ4v) is 3.29. The molecule has 1 fully saturated rings. The van der Waals surface area contributed by atoms with Crippen LogP contribution in [-0.2, 0) is 0 Å². The summed E-state index contributed by atoms with van der Waals surface area (Å²) in [5, 5.41) is 2.94. The molecule has 0 unspecified atom stereocenters. The highest BCUT2D eigenvalue weighted by Crippen LogP contribution is 2.28. The Balaban J connectivity index is 1.56. The minimum atomic E-state index is -0.0696. The number of urea groups is 1. The number of nitrogens with zero attached hydrogens (tertiary/aromatic N) is 2. The molecule has 2 aromatic carbocycles. The second kappa shape index (κ2) is 7.57. The number of nitrogens with one attached hydrogen (secondary N) is 1. The molecule has 1 saturated heterocycles. The molecule has 0 bridgehead atoms. The van der Waals surface area contributed by atoms with Crippen molar-refractivity contribution in [2.45, 2.75) is 0 Å². The van der Waals surface area contributed by atoms with Gasteiger partial charge < -0.3 is 19.9 Å². The molecule has 6 heteroatoms. The molecule has 2 aromatic rings. The third-order valence-corrected chi connectivity index (χ3v) is 4.71. The number of hydrogen-bond acceptors (Lipinski definition) is 3. The van der Waals surface area contributed by atoms with Crippen LogP contribution in [0.5, 0.6) is 5.75 Å². The van der Waals surface area contributed by atoms with E-state index in [1.807, 2.05) is 41.3 Å². The zero-order valence-electron chi connectivity index (χ0n) is 13.5. The van der Waals surface area contributed by atoms with Gasteiger partial charge in [0.2, 0.25) is 0 Å². The van der Waals surface area contributed by atoms with E-state index >= 15 is 0 Å². The summed E-state index contributed by atoms with van der Waals surface area (Å²) >= 11 is 3.43. The van der Waals surface area contributed by atoms with Gasteiger partial charge in [-0.2, -0.15) is 0 Å². The molecule has 1 heterocycles. The lowest BCUT2D eigenvalue weighted by molar-refractivity contribution is 0.208. The number of para-hydroxylation sites is 1. The number of methoxy groups -OCH3 is 1. The summed E-state index contributed by atoms with van der Waals surface area (Å²) in [4.78, 5) is 16.6. The van der Waals surface area contributed by atoms with Crippen LogP contribution in [0, 0.1) is 0 Å². The maximum Gasteiger partial charge on any atom is 0.321 e. The van der Waals surface area contributed by atoms with E-state index in [0.29, 0.717) is 13.1 Å². The molecule has 0 spiro atoms. The van der Waals surface area contributed by atoms with Crippen molar-refractivity contribution in [3.05, 3.63) is 53.0 Å². The number of amides is 2. The van der Waals surface area contributed by atoms with Crippen LogP contribution in [0.4, 0.5) is 16.2 Å². The number of hydrogen-bond donors (Lipinski definition) is 1. The Morgan fingerprint density at radius 2 is 1.79 bits per heavy atom. The maximum atomic E-state index is 12.4. The first kappa shape index (κ1) is 16.6. The van der Waals surface area contributed by atoms with Crippen LogP contribution in [0.25, 0.3) is 0 Å². The van der Waals surface area contributed by atoms with Crippen molar-refractivity contribution in [3.8, 4) is 5.75 Å². The van der Waals surface area contributed by atoms with E-state index in [-0.39, 0.29) is 6.03 Å². The first-order valence-electron chi connectivity index (χ1n) is 7.87. The molecule has 126 valence electrons. The standard InChI is InChI=1S/C18H20BrN3O2/c1-24-17-8-7-14(13-16(17)19)20-18(23)22-11-9-21(10-12-22)15-5-3-2-4-6-15/h2-8,13H,9-12H2,1H3,(H,20,23). The van der Waals surface area contributed by atoms with Crippen LogP contribution >= 0.6 is 15.9 Å². The van der Waals surface area contributed by atoms with E-state index in [0.717, 1.165) is 29.0 Å². The molecular weight excluding hydrogens is 370 g/mol. The van der Waals surface area contributed by atoms with Gasteiger partial charge in [-0.1, -0.05) is 18.2 Å². The SMILES string of the molecule is COc1ccc(NC(=O)N2CCN(c3ccccc3)CC2)cc1Br. The Morgan fingerprint density at radius 3 is 2.42 bits per heavy atom. The molecule has 5 nitrogen and oxygen atoms in total. The quantitative estimate of drug-likeness (QED) is 0.867. The molecular formula is C18H20BrN3O2. The van der Waals surface area contributed by atoms with Crippen LogP contribution in [0.3, 0.4) is 0 Å². The summed E-state index contributed by atoms with van der Waals surface area (Å²) < 4.78 is 6.02. The minimum Gasteiger partial charge on any atom is -0.496 e. The zero-order valence-corrected chi connectivity index (χ0v) is 15.1. The third kappa shape index (κ3) is 3.82. The fraction of sp³-hybridized carbons (Fsp3) is 0.278. The van der Waals surface area contributed by atoms with E-state index in [1.165, 1.54) is 5.69 Å². The van der Waals surface area contributed by atoms with Crippen molar-refractivity contribution >= 4 is 33.3 Å². The van der Waals surface area contributed by atoms with Crippen LogP contribution in [0.15, 0.2) is 53.0 Å². The monoisotopic (exact) mass is 389 g/mol. The largest absolute Gasteiger partial charge is 0.496 e. The van der Waals surface area contributed by atoms with Crippen molar-refractivity contribution < 1.29 is 9.53 Å². The predicted molar refractivity (Wildman–Crippen MR) is 99.9 cm³/mol. The number of carbonyl (C=O) groups excluding carboxylic acids is 1. The first-order chi connectivity index (χ1) is 11.7. The number of rotatable bonds is 3. The number of benzene rings is 2. The normalized spacial score (nSPS) is 14.4. The summed E-state index contributed by atoms with van der Waals surface area (Å²) in [7, 11) is 1.62. The van der Waals surface area contributed by atoms with Gasteiger partial charge in [-0.05, 0) is 46.3 Å². The second-order valence-corrected chi connectivity index (χ2v) is 6.44. The molecule has 3 rings (SSSR count). The number of anilines is 2. The summed E-state index contributed by atoms with van der Waals surface area (Å²) in [6, 6.07) is 15.7. The topological polar surface area (TPSA) is 44.8 Å². The summed E-state index contributed by atoms with van der Waals surface area (Å²) in [6.45, 7) is 3.09. The highest BCUT2D eigenvalue weighted by Gasteiger charge is 2.21. The zero-order chi connectivity index (χ0) is 16.9. The van der Waals surface area contributed by atoms with Gasteiger partial charge in [-0.25, -0.2) is 4.79 Å². The molecule has 2 amide bonds. The lowest BCUT2D eigenvalue weighted by Crippen LogP contribution is -2.50. The van der Waals surface area contributed by atoms with Gasteiger partial charge in [0.25, 0.3) is 0 Å². The molecule has 0 atom stereocenters. The van der Waals surface area contributed by atoms with Crippen molar-refractivity contribution in [1.82, 2.24) is 4.90 Å². The highest BCUT2D eigenvalue weighted by atomic mass is 79.9. The van der Waals surface area contributed by atoms with E-state index in [2.05, 4.69) is 38.3 Å². The van der Waals surface area contributed by atoms with Crippen LogP contribution in [0.2, 0.25) is 0 Å². The third-order valence-electron chi connectivity index (χ3n) is 4.09. The molecule has 1 aliphatic heterocycles. The fourth-order valence-electron chi connectivity index (χ4n) is 2.75. The van der Waals surface area contributed by atoms with Gasteiger partial charge in [-0.3, -0.25) is 0 Å². The average Bonchev–Trinajstić information content (AvgIpc) is 2.63. The molecule has 1 aliphatic rings. The van der Waals surface area contributed by atoms with E-state index in [9.17, 15) is 4.79 Å². The van der Waals surface area contributed by atoms with Crippen molar-refractivity contribution in [3.63, 3.8) is 0 Å². The Bertz CT molecular complexity index is 701. The summed E-state index contributed by atoms with van der Waals surface area (Å²) in [6.07, 6.45) is 0. The Labute approximate surface area is 150 Å². The number of carbonyl (C=O) groups is 1. The van der Waals surface area contributed by atoms with Gasteiger partial charge in [0.15, 0.2) is 0 Å². The Kier molecular flexibility index (Phi) is 5.25. The van der Waals surface area contributed by atoms with Crippen molar-refractivity contribution in [2.75, 3.05) is 43.5 Å². The lowest BCUT2D eigenvalue weighted by atomic mass is 10.2. The number of halogens is 1. The van der Waals surface area contributed by atoms with Crippen LogP contribution in [-0.4, -0.2) is 44.2 Å². The summed E-state index contributed by atoms with van der Waals surface area (Å²) in [5.41, 5.74) is 1.95. The van der Waals surface area contributed by atoms with Gasteiger partial charge >= 0.3 is 6.03 Å². The Morgan fingerprint density at radius 1 is 1.08 bits per heavy atom. The maximum absolute atomic E-state index is 12.4. The van der Waals surface area contributed by atoms with Gasteiger partial charge in [0.1, 0.15) is 5.75 Å². The van der Waals surface area contributed by atoms with E-state index in [4.69, 9.17) is 4.74 Å². The lowest BCUT2D eigenvalue weighted by Gasteiger charge is -2.36. The predicted octanol–water partition coefficient (Wildman–Crippen LogP) is 3.81.